The first-order valence-electron chi connectivity index (χ1n) is 5.42. The monoisotopic (exact) mass is 180 g/mol. The second kappa shape index (κ2) is 5.24. The highest BCUT2D eigenvalue weighted by molar-refractivity contribution is 4.85. The molecule has 1 atom stereocenters. The molecule has 0 saturated heterocycles. The van der Waals surface area contributed by atoms with E-state index in [4.69, 9.17) is 5.26 Å². The van der Waals surface area contributed by atoms with Gasteiger partial charge in [0, 0.05) is 12.6 Å². The molecule has 0 amide bonds. The van der Waals surface area contributed by atoms with Gasteiger partial charge in [-0.05, 0) is 31.7 Å². The molecule has 1 unspecified atom stereocenters. The summed E-state index contributed by atoms with van der Waals surface area (Å²) in [6.07, 6.45) is 4.60. The summed E-state index contributed by atoms with van der Waals surface area (Å²) in [6.45, 7) is 6.69. The Hall–Kier alpha value is -0.550. The van der Waals surface area contributed by atoms with Gasteiger partial charge >= 0.3 is 0 Å². The number of hydrogen-bond donors (Lipinski definition) is 0. The SMILES string of the molecule is CCC(CC#N)N(CC)CC1CC1. The minimum Gasteiger partial charge on any atom is -0.299 e. The first-order chi connectivity index (χ1) is 6.31. The summed E-state index contributed by atoms with van der Waals surface area (Å²) in [5.74, 6) is 0.938. The molecular weight excluding hydrogens is 160 g/mol. The lowest BCUT2D eigenvalue weighted by Crippen LogP contribution is -2.36. The standard InChI is InChI=1S/C11H20N2/c1-3-11(7-8-12)13(4-2)9-10-5-6-10/h10-11H,3-7,9H2,1-2H3. The summed E-state index contributed by atoms with van der Waals surface area (Å²) in [4.78, 5) is 2.47. The zero-order valence-corrected chi connectivity index (χ0v) is 8.79. The number of nitriles is 1. The maximum absolute atomic E-state index is 8.69. The average Bonchev–Trinajstić information content (AvgIpc) is 2.94. The first-order valence-corrected chi connectivity index (χ1v) is 5.42. The Morgan fingerprint density at radius 2 is 2.15 bits per heavy atom. The molecule has 13 heavy (non-hydrogen) atoms. The Bertz CT molecular complexity index is 179. The molecule has 0 spiro atoms. The molecule has 1 saturated carbocycles. The van der Waals surface area contributed by atoms with Crippen LogP contribution in [0.5, 0.6) is 0 Å². The van der Waals surface area contributed by atoms with Crippen LogP contribution in [0.1, 0.15) is 39.5 Å². The maximum atomic E-state index is 8.69. The third-order valence-electron chi connectivity index (χ3n) is 2.91. The van der Waals surface area contributed by atoms with Crippen LogP contribution in [0, 0.1) is 17.2 Å². The molecule has 0 bridgehead atoms. The largest absolute Gasteiger partial charge is 0.299 e. The van der Waals surface area contributed by atoms with Crippen molar-refractivity contribution in [2.45, 2.75) is 45.6 Å². The molecule has 0 N–H and O–H groups in total. The van der Waals surface area contributed by atoms with Gasteiger partial charge in [0.05, 0.1) is 12.5 Å². The molecule has 0 aromatic rings. The summed E-state index contributed by atoms with van der Waals surface area (Å²) < 4.78 is 0. The lowest BCUT2D eigenvalue weighted by molar-refractivity contribution is 0.194. The van der Waals surface area contributed by atoms with Crippen molar-refractivity contribution in [2.75, 3.05) is 13.1 Å². The van der Waals surface area contributed by atoms with Crippen LogP contribution in [-0.2, 0) is 0 Å². The topological polar surface area (TPSA) is 27.0 Å². The molecule has 1 aliphatic rings. The number of rotatable bonds is 6. The normalized spacial score (nSPS) is 18.6. The van der Waals surface area contributed by atoms with Crippen molar-refractivity contribution in [2.24, 2.45) is 5.92 Å². The van der Waals surface area contributed by atoms with Gasteiger partial charge in [0.15, 0.2) is 0 Å². The van der Waals surface area contributed by atoms with E-state index in [1.807, 2.05) is 0 Å². The third-order valence-corrected chi connectivity index (χ3v) is 2.91. The van der Waals surface area contributed by atoms with E-state index < -0.39 is 0 Å². The van der Waals surface area contributed by atoms with Gasteiger partial charge in [-0.2, -0.15) is 5.26 Å². The zero-order valence-electron chi connectivity index (χ0n) is 8.79. The second-order valence-electron chi connectivity index (χ2n) is 3.96. The predicted octanol–water partition coefficient (Wildman–Crippen LogP) is 2.41. The molecule has 0 aliphatic heterocycles. The quantitative estimate of drug-likeness (QED) is 0.627. The van der Waals surface area contributed by atoms with E-state index in [1.54, 1.807) is 0 Å². The summed E-state index contributed by atoms with van der Waals surface area (Å²) in [6, 6.07) is 2.78. The van der Waals surface area contributed by atoms with Crippen molar-refractivity contribution >= 4 is 0 Å². The first kappa shape index (κ1) is 10.5. The molecule has 1 fully saturated rings. The molecule has 1 aliphatic carbocycles. The molecule has 0 heterocycles. The molecule has 74 valence electrons. The van der Waals surface area contributed by atoms with Crippen LogP contribution in [0.3, 0.4) is 0 Å². The minimum absolute atomic E-state index is 0.496. The lowest BCUT2D eigenvalue weighted by atomic mass is 10.1. The van der Waals surface area contributed by atoms with Crippen molar-refractivity contribution in [1.82, 2.24) is 4.90 Å². The number of hydrogen-bond acceptors (Lipinski definition) is 2. The molecule has 0 aromatic carbocycles. The van der Waals surface area contributed by atoms with E-state index in [0.29, 0.717) is 12.5 Å². The Labute approximate surface area is 81.5 Å². The van der Waals surface area contributed by atoms with Crippen LogP contribution in [-0.4, -0.2) is 24.0 Å². The van der Waals surface area contributed by atoms with Gasteiger partial charge in [0.2, 0.25) is 0 Å². The van der Waals surface area contributed by atoms with E-state index in [9.17, 15) is 0 Å². The van der Waals surface area contributed by atoms with Crippen LogP contribution < -0.4 is 0 Å². The van der Waals surface area contributed by atoms with Crippen molar-refractivity contribution in [1.29, 1.82) is 5.26 Å². The molecule has 0 radical (unpaired) electrons. The highest BCUT2D eigenvalue weighted by Gasteiger charge is 2.26. The predicted molar refractivity (Wildman–Crippen MR) is 54.3 cm³/mol. The minimum atomic E-state index is 0.496. The van der Waals surface area contributed by atoms with Gasteiger partial charge in [-0.3, -0.25) is 4.90 Å². The fourth-order valence-corrected chi connectivity index (χ4v) is 1.81. The Morgan fingerprint density at radius 3 is 2.54 bits per heavy atom. The number of nitrogens with zero attached hydrogens (tertiary/aromatic N) is 2. The molecule has 2 nitrogen and oxygen atoms in total. The summed E-state index contributed by atoms with van der Waals surface area (Å²) >= 11 is 0. The highest BCUT2D eigenvalue weighted by Crippen LogP contribution is 2.30. The van der Waals surface area contributed by atoms with E-state index in [1.165, 1.54) is 19.4 Å². The molecule has 0 aromatic heterocycles. The van der Waals surface area contributed by atoms with Gasteiger partial charge in [-0.1, -0.05) is 13.8 Å². The summed E-state index contributed by atoms with van der Waals surface area (Å²) in [5, 5.41) is 8.69. The summed E-state index contributed by atoms with van der Waals surface area (Å²) in [5.41, 5.74) is 0. The smallest absolute Gasteiger partial charge is 0.0638 e. The van der Waals surface area contributed by atoms with Gasteiger partial charge in [-0.15, -0.1) is 0 Å². The van der Waals surface area contributed by atoms with Gasteiger partial charge in [0.25, 0.3) is 0 Å². The van der Waals surface area contributed by atoms with Crippen molar-refractivity contribution < 1.29 is 0 Å². The Balaban J connectivity index is 2.35. The van der Waals surface area contributed by atoms with Gasteiger partial charge < -0.3 is 0 Å². The van der Waals surface area contributed by atoms with Crippen LogP contribution in [0.15, 0.2) is 0 Å². The Kier molecular flexibility index (Phi) is 4.24. The third kappa shape index (κ3) is 3.36. The molecule has 2 heteroatoms. The van der Waals surface area contributed by atoms with Crippen LogP contribution in [0.2, 0.25) is 0 Å². The average molecular weight is 180 g/mol. The van der Waals surface area contributed by atoms with Crippen molar-refractivity contribution in [3.8, 4) is 6.07 Å². The van der Waals surface area contributed by atoms with Crippen LogP contribution in [0.4, 0.5) is 0 Å². The Morgan fingerprint density at radius 1 is 1.46 bits per heavy atom. The fraction of sp³-hybridized carbons (Fsp3) is 0.909. The highest BCUT2D eigenvalue weighted by atomic mass is 15.2. The van der Waals surface area contributed by atoms with Crippen LogP contribution >= 0.6 is 0 Å². The van der Waals surface area contributed by atoms with E-state index in [0.717, 1.165) is 18.9 Å². The van der Waals surface area contributed by atoms with Gasteiger partial charge in [-0.25, -0.2) is 0 Å². The summed E-state index contributed by atoms with van der Waals surface area (Å²) in [7, 11) is 0. The van der Waals surface area contributed by atoms with Crippen LogP contribution in [0.25, 0.3) is 0 Å². The molecular formula is C11H20N2. The second-order valence-corrected chi connectivity index (χ2v) is 3.96. The maximum Gasteiger partial charge on any atom is 0.0638 e. The zero-order chi connectivity index (χ0) is 9.68. The fourth-order valence-electron chi connectivity index (χ4n) is 1.81. The van der Waals surface area contributed by atoms with E-state index >= 15 is 0 Å². The van der Waals surface area contributed by atoms with E-state index in [2.05, 4.69) is 24.8 Å². The lowest BCUT2D eigenvalue weighted by Gasteiger charge is -2.28. The van der Waals surface area contributed by atoms with Crippen molar-refractivity contribution in [3.05, 3.63) is 0 Å². The molecule has 1 rings (SSSR count). The van der Waals surface area contributed by atoms with Gasteiger partial charge in [0.1, 0.15) is 0 Å². The van der Waals surface area contributed by atoms with E-state index in [-0.39, 0.29) is 0 Å². The van der Waals surface area contributed by atoms with Crippen molar-refractivity contribution in [3.63, 3.8) is 0 Å².